The van der Waals surface area contributed by atoms with Gasteiger partial charge in [0.1, 0.15) is 12.7 Å². The van der Waals surface area contributed by atoms with E-state index in [0.29, 0.717) is 29.7 Å². The molecule has 0 aliphatic heterocycles. The number of Topliss-reactive ketones (excluding diaryl/α,β-unsaturated/α-hetero) is 1. The third kappa shape index (κ3) is 7.00. The van der Waals surface area contributed by atoms with Crippen molar-refractivity contribution in [3.63, 3.8) is 0 Å². The van der Waals surface area contributed by atoms with E-state index in [9.17, 15) is 4.79 Å². The van der Waals surface area contributed by atoms with Crippen molar-refractivity contribution >= 4 is 46.4 Å². The molecule has 2 heterocycles. The molecule has 4 rings (SSSR count). The van der Waals surface area contributed by atoms with Crippen LogP contribution in [0.15, 0.2) is 72.2 Å². The molecule has 10 nitrogen and oxygen atoms in total. The summed E-state index contributed by atoms with van der Waals surface area (Å²) in [6.45, 7) is 5.94. The second-order valence-corrected chi connectivity index (χ2v) is 8.43. The van der Waals surface area contributed by atoms with Crippen LogP contribution in [-0.4, -0.2) is 41.6 Å². The maximum Gasteiger partial charge on any atom is 0.229 e. The molecule has 11 heteroatoms. The Morgan fingerprint density at radius 2 is 1.58 bits per heavy atom. The molecule has 0 aliphatic rings. The molecule has 4 aromatic rings. The molecule has 0 fully saturated rings. The maximum absolute atomic E-state index is 11.5. The minimum atomic E-state index is -0.00131. The molecular weight excluding hydrogens is 474 g/mol. The van der Waals surface area contributed by atoms with E-state index in [0.717, 1.165) is 22.6 Å². The minimum Gasteiger partial charge on any atom is -0.331 e. The Hall–Kier alpha value is -4.51. The van der Waals surface area contributed by atoms with Crippen LogP contribution in [0.3, 0.4) is 0 Å². The Bertz CT molecular complexity index is 1360. The van der Waals surface area contributed by atoms with Gasteiger partial charge in [-0.3, -0.25) is 10.1 Å². The fourth-order valence-electron chi connectivity index (χ4n) is 3.35. The highest BCUT2D eigenvalue weighted by Gasteiger charge is 2.08. The van der Waals surface area contributed by atoms with Crippen molar-refractivity contribution in [1.82, 2.24) is 24.7 Å². The van der Waals surface area contributed by atoms with Crippen LogP contribution in [0.5, 0.6) is 0 Å². The topological polar surface area (TPSA) is 122 Å². The number of guanidine groups is 1. The third-order valence-corrected chi connectivity index (χ3v) is 5.19. The normalized spacial score (nSPS) is 11.1. The summed E-state index contributed by atoms with van der Waals surface area (Å²) in [4.78, 5) is 28.9. The molecule has 2 aromatic heterocycles. The van der Waals surface area contributed by atoms with Crippen LogP contribution in [0.4, 0.5) is 17.3 Å². The van der Waals surface area contributed by atoms with E-state index in [4.69, 9.17) is 12.2 Å². The predicted octanol–water partition coefficient (Wildman–Crippen LogP) is 4.21. The monoisotopic (exact) mass is 499 g/mol. The van der Waals surface area contributed by atoms with Crippen molar-refractivity contribution in [3.05, 3.63) is 89.8 Å². The van der Waals surface area contributed by atoms with Crippen LogP contribution in [0.1, 0.15) is 34.2 Å². The standard InChI is InChI=1S/C25H25N9OS/c1-16-12-17(2)29-23(28-16)32-24(33-25(36)31-22-10-6-20(7-11-22)18(3)35)30-21-8-4-19(5-9-21)13-34-15-26-14-27-34/h4-12,14-15H,13H2,1-3H3,(H3,28,29,30,31,32,33,36). The number of aromatic nitrogens is 5. The zero-order valence-corrected chi connectivity index (χ0v) is 20.9. The van der Waals surface area contributed by atoms with E-state index in [1.54, 1.807) is 35.3 Å². The molecular formula is C25H25N9OS. The number of thiocarbonyl (C=S) groups is 1. The summed E-state index contributed by atoms with van der Waals surface area (Å²) in [5.41, 5.74) is 4.86. The van der Waals surface area contributed by atoms with E-state index in [1.807, 2.05) is 44.2 Å². The van der Waals surface area contributed by atoms with Gasteiger partial charge in [-0.05, 0) is 81.0 Å². The van der Waals surface area contributed by atoms with Gasteiger partial charge in [0.15, 0.2) is 5.78 Å². The lowest BCUT2D eigenvalue weighted by Crippen LogP contribution is -2.26. The smallest absolute Gasteiger partial charge is 0.229 e. The number of rotatable bonds is 6. The number of benzene rings is 2. The number of aliphatic imine (C=N–C) groups is 1. The number of carbonyl (C=O) groups excluding carboxylic acids is 1. The summed E-state index contributed by atoms with van der Waals surface area (Å²) in [7, 11) is 0. The van der Waals surface area contributed by atoms with Crippen molar-refractivity contribution in [1.29, 1.82) is 0 Å². The van der Waals surface area contributed by atoms with Crippen molar-refractivity contribution < 1.29 is 4.79 Å². The average molecular weight is 500 g/mol. The summed E-state index contributed by atoms with van der Waals surface area (Å²) in [5.74, 6) is 0.746. The first-order valence-corrected chi connectivity index (χ1v) is 11.5. The first-order valence-electron chi connectivity index (χ1n) is 11.1. The fraction of sp³-hybridized carbons (Fsp3) is 0.160. The van der Waals surface area contributed by atoms with E-state index < -0.39 is 0 Å². The second-order valence-electron chi connectivity index (χ2n) is 8.04. The van der Waals surface area contributed by atoms with Crippen LogP contribution in [0.2, 0.25) is 0 Å². The number of aryl methyl sites for hydroxylation is 2. The molecule has 0 unspecified atom stereocenters. The van der Waals surface area contributed by atoms with E-state index in [1.165, 1.54) is 13.3 Å². The molecule has 0 bridgehead atoms. The van der Waals surface area contributed by atoms with Crippen LogP contribution in [0.25, 0.3) is 0 Å². The molecule has 0 spiro atoms. The van der Waals surface area contributed by atoms with Gasteiger partial charge in [0.05, 0.1) is 6.54 Å². The van der Waals surface area contributed by atoms with Crippen LogP contribution >= 0.6 is 12.2 Å². The predicted molar refractivity (Wildman–Crippen MR) is 144 cm³/mol. The van der Waals surface area contributed by atoms with Crippen molar-refractivity contribution in [3.8, 4) is 0 Å². The van der Waals surface area contributed by atoms with Crippen LogP contribution in [0, 0.1) is 13.8 Å². The molecule has 2 aromatic carbocycles. The average Bonchev–Trinajstić information content (AvgIpc) is 3.33. The van der Waals surface area contributed by atoms with E-state index >= 15 is 0 Å². The van der Waals surface area contributed by atoms with Gasteiger partial charge in [-0.25, -0.2) is 19.6 Å². The van der Waals surface area contributed by atoms with Gasteiger partial charge in [0, 0.05) is 28.3 Å². The summed E-state index contributed by atoms with van der Waals surface area (Å²) >= 11 is 5.46. The first kappa shape index (κ1) is 24.6. The highest BCUT2D eigenvalue weighted by Crippen LogP contribution is 2.13. The van der Waals surface area contributed by atoms with Crippen molar-refractivity contribution in [2.75, 3.05) is 16.0 Å². The SMILES string of the molecule is CC(=O)c1ccc(NC(=S)/N=C(\Nc2ccc(Cn3cncn3)cc2)Nc2nc(C)cc(C)n2)cc1. The van der Waals surface area contributed by atoms with Gasteiger partial charge in [-0.1, -0.05) is 12.1 Å². The quantitative estimate of drug-likeness (QED) is 0.155. The summed E-state index contributed by atoms with van der Waals surface area (Å²) < 4.78 is 1.75. The molecule has 3 N–H and O–H groups in total. The van der Waals surface area contributed by atoms with Gasteiger partial charge in [0.25, 0.3) is 0 Å². The molecule has 0 saturated heterocycles. The van der Waals surface area contributed by atoms with Crippen LogP contribution in [-0.2, 0) is 6.54 Å². The Labute approximate surface area is 213 Å². The lowest BCUT2D eigenvalue weighted by Gasteiger charge is -2.13. The minimum absolute atomic E-state index is 0.00131. The molecule has 0 atom stereocenters. The third-order valence-electron chi connectivity index (χ3n) is 5.00. The molecule has 0 saturated carbocycles. The zero-order chi connectivity index (χ0) is 25.5. The molecule has 36 heavy (non-hydrogen) atoms. The molecule has 0 radical (unpaired) electrons. The summed E-state index contributed by atoms with van der Waals surface area (Å²) in [6.07, 6.45) is 3.18. The largest absolute Gasteiger partial charge is 0.331 e. The lowest BCUT2D eigenvalue weighted by atomic mass is 10.1. The molecule has 0 aliphatic carbocycles. The van der Waals surface area contributed by atoms with Gasteiger partial charge >= 0.3 is 0 Å². The molecule has 0 amide bonds. The van der Waals surface area contributed by atoms with Gasteiger partial charge in [-0.15, -0.1) is 0 Å². The van der Waals surface area contributed by atoms with E-state index in [2.05, 4.69) is 41.0 Å². The first-order chi connectivity index (χ1) is 17.3. The fourth-order valence-corrected chi connectivity index (χ4v) is 3.56. The Kier molecular flexibility index (Phi) is 7.71. The van der Waals surface area contributed by atoms with Crippen molar-refractivity contribution in [2.45, 2.75) is 27.3 Å². The highest BCUT2D eigenvalue weighted by molar-refractivity contribution is 7.80. The number of hydrogen-bond donors (Lipinski definition) is 3. The number of hydrogen-bond acceptors (Lipinski definition) is 6. The summed E-state index contributed by atoms with van der Waals surface area (Å²) in [6, 6.07) is 16.8. The van der Waals surface area contributed by atoms with Crippen molar-refractivity contribution in [2.24, 2.45) is 4.99 Å². The van der Waals surface area contributed by atoms with Crippen LogP contribution < -0.4 is 16.0 Å². The van der Waals surface area contributed by atoms with Gasteiger partial charge < -0.3 is 10.6 Å². The second kappa shape index (κ2) is 11.3. The number of nitrogens with one attached hydrogen (secondary N) is 3. The Balaban J connectivity index is 1.52. The van der Waals surface area contributed by atoms with Gasteiger partial charge in [0.2, 0.25) is 17.0 Å². The maximum atomic E-state index is 11.5. The molecule has 182 valence electrons. The van der Waals surface area contributed by atoms with E-state index in [-0.39, 0.29) is 10.9 Å². The van der Waals surface area contributed by atoms with Gasteiger partial charge in [-0.2, -0.15) is 10.1 Å². The summed E-state index contributed by atoms with van der Waals surface area (Å²) in [5, 5.41) is 13.8. The number of ketones is 1. The number of nitrogens with zero attached hydrogens (tertiary/aromatic N) is 6. The highest BCUT2D eigenvalue weighted by atomic mass is 32.1. The Morgan fingerprint density at radius 3 is 2.19 bits per heavy atom. The lowest BCUT2D eigenvalue weighted by molar-refractivity contribution is 0.101. The number of carbonyl (C=O) groups is 1. The Morgan fingerprint density at radius 1 is 0.944 bits per heavy atom. The zero-order valence-electron chi connectivity index (χ0n) is 20.1. The number of anilines is 3.